The van der Waals surface area contributed by atoms with Gasteiger partial charge in [0.05, 0.1) is 17.2 Å². The Kier molecular flexibility index (Phi) is 9.38. The van der Waals surface area contributed by atoms with Gasteiger partial charge in [0.25, 0.3) is 0 Å². The van der Waals surface area contributed by atoms with E-state index in [1.807, 2.05) is 14.0 Å². The summed E-state index contributed by atoms with van der Waals surface area (Å²) in [5.41, 5.74) is 1.12. The van der Waals surface area contributed by atoms with Gasteiger partial charge in [0.2, 0.25) is 0 Å². The van der Waals surface area contributed by atoms with Crippen molar-refractivity contribution in [1.29, 1.82) is 0 Å². The third-order valence-corrected chi connectivity index (χ3v) is 5.42. The normalized spacial score (nSPS) is 15.8. The molecule has 0 aliphatic heterocycles. The van der Waals surface area contributed by atoms with Gasteiger partial charge in [-0.15, -0.1) is 35.3 Å². The molecule has 0 atom stereocenters. The zero-order valence-electron chi connectivity index (χ0n) is 14.7. The first-order valence-electron chi connectivity index (χ1n) is 8.18. The molecule has 0 amide bonds. The largest absolute Gasteiger partial charge is 0.355 e. The second-order valence-corrected chi connectivity index (χ2v) is 7.30. The molecule has 0 saturated heterocycles. The minimum absolute atomic E-state index is 0. The molecule has 0 bridgehead atoms. The number of rotatable bonds is 6. The maximum atomic E-state index is 4.46. The number of aliphatic imine (C=N–C) groups is 1. The van der Waals surface area contributed by atoms with Crippen LogP contribution < -0.4 is 10.6 Å². The zero-order chi connectivity index (χ0) is 15.9. The van der Waals surface area contributed by atoms with Gasteiger partial charge in [0, 0.05) is 31.1 Å². The molecule has 5 nitrogen and oxygen atoms in total. The summed E-state index contributed by atoms with van der Waals surface area (Å²) in [6, 6.07) is 0.777. The zero-order valence-corrected chi connectivity index (χ0v) is 17.8. The predicted molar refractivity (Wildman–Crippen MR) is 110 cm³/mol. The van der Waals surface area contributed by atoms with Gasteiger partial charge in [-0.3, -0.25) is 4.99 Å². The molecule has 1 heterocycles. The van der Waals surface area contributed by atoms with Crippen molar-refractivity contribution in [3.63, 3.8) is 0 Å². The Morgan fingerprint density at radius 2 is 2.00 bits per heavy atom. The van der Waals surface area contributed by atoms with Gasteiger partial charge in [0.1, 0.15) is 0 Å². The Labute approximate surface area is 161 Å². The van der Waals surface area contributed by atoms with Crippen molar-refractivity contribution in [2.45, 2.75) is 52.1 Å². The van der Waals surface area contributed by atoms with E-state index in [0.29, 0.717) is 0 Å². The van der Waals surface area contributed by atoms with Gasteiger partial charge < -0.3 is 15.5 Å². The number of nitrogens with zero attached hydrogens (tertiary/aromatic N) is 3. The highest BCUT2D eigenvalue weighted by atomic mass is 127. The second-order valence-electron chi connectivity index (χ2n) is 6.01. The van der Waals surface area contributed by atoms with E-state index in [4.69, 9.17) is 0 Å². The first-order chi connectivity index (χ1) is 10.6. The molecular formula is C16H30IN5S. The summed E-state index contributed by atoms with van der Waals surface area (Å²) in [6.45, 7) is 6.88. The van der Waals surface area contributed by atoms with Crippen molar-refractivity contribution >= 4 is 41.3 Å². The molecule has 1 aliphatic rings. The molecule has 2 rings (SSSR count). The summed E-state index contributed by atoms with van der Waals surface area (Å²) in [6.07, 6.45) is 5.49. The minimum Gasteiger partial charge on any atom is -0.355 e. The lowest BCUT2D eigenvalue weighted by Crippen LogP contribution is -2.42. The van der Waals surface area contributed by atoms with E-state index in [1.54, 1.807) is 11.3 Å². The number of guanidine groups is 1. The molecule has 1 aromatic heterocycles. The molecule has 23 heavy (non-hydrogen) atoms. The summed E-state index contributed by atoms with van der Waals surface area (Å²) in [4.78, 5) is 12.5. The van der Waals surface area contributed by atoms with Gasteiger partial charge in [-0.1, -0.05) is 12.8 Å². The average molecular weight is 451 g/mol. The lowest BCUT2D eigenvalue weighted by atomic mass is 10.2. The number of likely N-dealkylation sites (N-methyl/N-ethyl adjacent to an activating group) is 1. The molecule has 1 aromatic rings. The standard InChI is InChI=1S/C16H29N5S.HI/c1-12-15(22-13(2)20-12)11-19-16(17-3)18-9-10-21(4)14-7-5-6-8-14;/h14H,5-11H2,1-4H3,(H2,17,18,19);1H. The van der Waals surface area contributed by atoms with Crippen molar-refractivity contribution in [1.82, 2.24) is 20.5 Å². The fourth-order valence-corrected chi connectivity index (χ4v) is 3.88. The highest BCUT2D eigenvalue weighted by Gasteiger charge is 2.18. The highest BCUT2D eigenvalue weighted by Crippen LogP contribution is 2.21. The van der Waals surface area contributed by atoms with E-state index in [2.05, 4.69) is 39.5 Å². The Morgan fingerprint density at radius 3 is 2.57 bits per heavy atom. The quantitative estimate of drug-likeness (QED) is 0.397. The summed E-state index contributed by atoms with van der Waals surface area (Å²) >= 11 is 1.75. The minimum atomic E-state index is 0. The van der Waals surface area contributed by atoms with Crippen LogP contribution in [0.1, 0.15) is 41.3 Å². The molecule has 1 saturated carbocycles. The molecule has 1 aliphatic carbocycles. The van der Waals surface area contributed by atoms with E-state index in [9.17, 15) is 0 Å². The Hall–Kier alpha value is -0.410. The monoisotopic (exact) mass is 451 g/mol. The van der Waals surface area contributed by atoms with Crippen LogP contribution in [0.4, 0.5) is 0 Å². The molecule has 132 valence electrons. The van der Waals surface area contributed by atoms with Crippen LogP contribution in [-0.2, 0) is 6.54 Å². The van der Waals surface area contributed by atoms with E-state index < -0.39 is 0 Å². The van der Waals surface area contributed by atoms with Crippen molar-refractivity contribution in [2.75, 3.05) is 27.2 Å². The first kappa shape index (κ1) is 20.6. The number of aromatic nitrogens is 1. The van der Waals surface area contributed by atoms with E-state index in [-0.39, 0.29) is 24.0 Å². The van der Waals surface area contributed by atoms with E-state index >= 15 is 0 Å². The van der Waals surface area contributed by atoms with Crippen LogP contribution >= 0.6 is 35.3 Å². The maximum Gasteiger partial charge on any atom is 0.191 e. The maximum absolute atomic E-state index is 4.46. The van der Waals surface area contributed by atoms with Crippen LogP contribution in [0.15, 0.2) is 4.99 Å². The van der Waals surface area contributed by atoms with Crippen molar-refractivity contribution in [3.05, 3.63) is 15.6 Å². The lowest BCUT2D eigenvalue weighted by molar-refractivity contribution is 0.249. The summed E-state index contributed by atoms with van der Waals surface area (Å²) in [5, 5.41) is 7.90. The van der Waals surface area contributed by atoms with Crippen LogP contribution in [0.2, 0.25) is 0 Å². The van der Waals surface area contributed by atoms with E-state index in [1.165, 1.54) is 30.6 Å². The Morgan fingerprint density at radius 1 is 1.30 bits per heavy atom. The molecule has 0 spiro atoms. The second kappa shape index (κ2) is 10.5. The first-order valence-corrected chi connectivity index (χ1v) is 8.99. The van der Waals surface area contributed by atoms with Crippen molar-refractivity contribution in [2.24, 2.45) is 4.99 Å². The topological polar surface area (TPSA) is 52.6 Å². The van der Waals surface area contributed by atoms with Gasteiger partial charge in [-0.25, -0.2) is 4.98 Å². The third kappa shape index (κ3) is 6.54. The Bertz CT molecular complexity index is 497. The third-order valence-electron chi connectivity index (χ3n) is 4.34. The number of nitrogens with one attached hydrogen (secondary N) is 2. The van der Waals surface area contributed by atoms with Crippen LogP contribution in [0.3, 0.4) is 0 Å². The number of halogens is 1. The SMILES string of the molecule is CN=C(NCCN(C)C1CCCC1)NCc1sc(C)nc1C.I. The van der Waals surface area contributed by atoms with Gasteiger partial charge in [0.15, 0.2) is 5.96 Å². The lowest BCUT2D eigenvalue weighted by Gasteiger charge is -2.24. The molecule has 7 heteroatoms. The smallest absolute Gasteiger partial charge is 0.191 e. The van der Waals surface area contributed by atoms with Crippen molar-refractivity contribution < 1.29 is 0 Å². The van der Waals surface area contributed by atoms with Gasteiger partial charge in [-0.2, -0.15) is 0 Å². The average Bonchev–Trinajstić information content (AvgIpc) is 3.12. The number of aryl methyl sites for hydroxylation is 2. The molecule has 1 fully saturated rings. The highest BCUT2D eigenvalue weighted by molar-refractivity contribution is 14.0. The Balaban J connectivity index is 0.00000264. The number of thiazole rings is 1. The predicted octanol–water partition coefficient (Wildman–Crippen LogP) is 2.92. The molecule has 0 aromatic carbocycles. The van der Waals surface area contributed by atoms with Gasteiger partial charge in [-0.05, 0) is 33.7 Å². The molecular weight excluding hydrogens is 421 g/mol. The van der Waals surface area contributed by atoms with Crippen LogP contribution in [0.5, 0.6) is 0 Å². The fraction of sp³-hybridized carbons (Fsp3) is 0.750. The summed E-state index contributed by atoms with van der Waals surface area (Å²) < 4.78 is 0. The van der Waals surface area contributed by atoms with Crippen LogP contribution in [0, 0.1) is 13.8 Å². The fourth-order valence-electron chi connectivity index (χ4n) is 3.00. The summed E-state index contributed by atoms with van der Waals surface area (Å²) in [7, 11) is 4.05. The summed E-state index contributed by atoms with van der Waals surface area (Å²) in [5.74, 6) is 0.866. The van der Waals surface area contributed by atoms with Crippen molar-refractivity contribution in [3.8, 4) is 0 Å². The number of hydrogen-bond acceptors (Lipinski definition) is 4. The van der Waals surface area contributed by atoms with Crippen LogP contribution in [0.25, 0.3) is 0 Å². The molecule has 0 radical (unpaired) electrons. The molecule has 0 unspecified atom stereocenters. The number of hydrogen-bond donors (Lipinski definition) is 2. The van der Waals surface area contributed by atoms with Gasteiger partial charge >= 0.3 is 0 Å². The molecule has 2 N–H and O–H groups in total. The van der Waals surface area contributed by atoms with E-state index in [0.717, 1.165) is 42.3 Å². The van der Waals surface area contributed by atoms with Crippen LogP contribution in [-0.4, -0.2) is 49.1 Å².